The summed E-state index contributed by atoms with van der Waals surface area (Å²) in [5.74, 6) is 0.612. The number of carbonyl (C=O) groups is 1. The van der Waals surface area contributed by atoms with Crippen molar-refractivity contribution in [3.8, 4) is 6.01 Å². The number of H-pyrrole nitrogens is 1. The molecule has 34 heavy (non-hydrogen) atoms. The van der Waals surface area contributed by atoms with Crippen LogP contribution in [-0.2, 0) is 19.0 Å². The molecule has 2 aromatic heterocycles. The average molecular weight is 491 g/mol. The lowest BCUT2D eigenvalue weighted by molar-refractivity contribution is -0.119. The molecule has 1 amide bonds. The number of imidazole rings is 1. The molecule has 6 rings (SSSR count). The van der Waals surface area contributed by atoms with Gasteiger partial charge in [-0.1, -0.05) is 17.7 Å². The van der Waals surface area contributed by atoms with E-state index < -0.39 is 6.10 Å². The van der Waals surface area contributed by atoms with Crippen LogP contribution in [0.25, 0.3) is 16.7 Å². The minimum atomic E-state index is -0.630. The zero-order valence-electron chi connectivity index (χ0n) is 18.7. The number of ether oxygens (including phenoxy) is 4. The first-order valence-electron chi connectivity index (χ1n) is 11.7. The summed E-state index contributed by atoms with van der Waals surface area (Å²) >= 11 is 6.63. The van der Waals surface area contributed by atoms with Crippen LogP contribution < -0.4 is 10.1 Å². The van der Waals surface area contributed by atoms with Crippen LogP contribution in [0.1, 0.15) is 25.5 Å². The van der Waals surface area contributed by atoms with Gasteiger partial charge in [0.15, 0.2) is 11.8 Å². The summed E-state index contributed by atoms with van der Waals surface area (Å²) in [4.78, 5) is 23.4. The first-order valence-corrected chi connectivity index (χ1v) is 12.1. The monoisotopic (exact) mass is 490 g/mol. The van der Waals surface area contributed by atoms with Gasteiger partial charge >= 0.3 is 0 Å². The number of amides is 1. The van der Waals surface area contributed by atoms with Crippen LogP contribution in [0.5, 0.6) is 6.01 Å². The van der Waals surface area contributed by atoms with Crippen molar-refractivity contribution < 1.29 is 28.8 Å². The van der Waals surface area contributed by atoms with E-state index >= 15 is 0 Å². The van der Waals surface area contributed by atoms with Gasteiger partial charge < -0.3 is 34.4 Å². The molecule has 3 N–H and O–H groups in total. The summed E-state index contributed by atoms with van der Waals surface area (Å²) in [7, 11) is 0. The minimum absolute atomic E-state index is 0.0480. The van der Waals surface area contributed by atoms with E-state index in [1.54, 1.807) is 0 Å². The topological polar surface area (TPSA) is 128 Å². The summed E-state index contributed by atoms with van der Waals surface area (Å²) in [6, 6.07) is 2.15. The van der Waals surface area contributed by atoms with Gasteiger partial charge in [-0.3, -0.25) is 4.79 Å². The fourth-order valence-corrected chi connectivity index (χ4v) is 5.83. The number of aromatic amines is 1. The zero-order valence-corrected chi connectivity index (χ0v) is 19.5. The number of pyridine rings is 1. The molecule has 2 aliphatic heterocycles. The van der Waals surface area contributed by atoms with Gasteiger partial charge in [0.25, 0.3) is 6.01 Å². The van der Waals surface area contributed by atoms with Crippen LogP contribution >= 0.6 is 11.6 Å². The first kappa shape index (κ1) is 22.2. The van der Waals surface area contributed by atoms with Crippen molar-refractivity contribution in [2.45, 2.75) is 50.3 Å². The quantitative estimate of drug-likeness (QED) is 0.498. The molecule has 1 saturated carbocycles. The Morgan fingerprint density at radius 2 is 2.12 bits per heavy atom. The van der Waals surface area contributed by atoms with E-state index in [9.17, 15) is 9.90 Å². The van der Waals surface area contributed by atoms with Crippen LogP contribution in [0.2, 0.25) is 5.02 Å². The number of carbonyl (C=O) groups excluding carboxylic acids is 1. The summed E-state index contributed by atoms with van der Waals surface area (Å²) in [5, 5.41) is 13.2. The van der Waals surface area contributed by atoms with Crippen LogP contribution in [0.4, 0.5) is 0 Å². The largest absolute Gasteiger partial charge is 0.456 e. The van der Waals surface area contributed by atoms with E-state index in [4.69, 9.17) is 35.5 Å². The van der Waals surface area contributed by atoms with Gasteiger partial charge in [0, 0.05) is 19.4 Å². The Hall–Kier alpha value is -2.24. The number of allylic oxidation sites excluding steroid dienone is 1. The minimum Gasteiger partial charge on any atom is -0.456 e. The molecule has 3 unspecified atom stereocenters. The molecule has 2 saturated heterocycles. The van der Waals surface area contributed by atoms with Crippen molar-refractivity contribution in [1.29, 1.82) is 0 Å². The molecule has 2 aliphatic carbocycles. The van der Waals surface area contributed by atoms with Crippen molar-refractivity contribution in [1.82, 2.24) is 20.3 Å². The Morgan fingerprint density at radius 3 is 2.91 bits per heavy atom. The molecule has 182 valence electrons. The van der Waals surface area contributed by atoms with Gasteiger partial charge in [0.1, 0.15) is 18.3 Å². The van der Waals surface area contributed by atoms with Gasteiger partial charge in [-0.15, -0.1) is 0 Å². The maximum Gasteiger partial charge on any atom is 0.296 e. The van der Waals surface area contributed by atoms with E-state index in [-0.39, 0.29) is 36.9 Å². The molecule has 0 radical (unpaired) electrons. The third-order valence-electron chi connectivity index (χ3n) is 7.12. The Morgan fingerprint density at radius 1 is 1.26 bits per heavy atom. The summed E-state index contributed by atoms with van der Waals surface area (Å²) in [6.07, 6.45) is 2.64. The summed E-state index contributed by atoms with van der Waals surface area (Å²) < 4.78 is 23.2. The highest BCUT2D eigenvalue weighted by Gasteiger charge is 2.48. The van der Waals surface area contributed by atoms with Gasteiger partial charge in [0.2, 0.25) is 5.91 Å². The van der Waals surface area contributed by atoms with Gasteiger partial charge in [-0.05, 0) is 30.4 Å². The SMILES string of the molecule is CC(=O)NCCOC1CC2CC1C=C2c1nc2nc(O[C@@H]3CO[C@H]4[C@@H]3OC[C@H]4O)[nH]c2cc1Cl. The number of aliphatic hydroxyl groups excluding tert-OH is 1. The fraction of sp³-hybridized carbons (Fsp3) is 0.609. The number of hydrogen-bond acceptors (Lipinski definition) is 8. The maximum absolute atomic E-state index is 11.0. The number of aromatic nitrogens is 3. The zero-order chi connectivity index (χ0) is 23.4. The highest BCUT2D eigenvalue weighted by Crippen LogP contribution is 2.50. The summed E-state index contributed by atoms with van der Waals surface area (Å²) in [6.45, 7) is 3.10. The molecular formula is C23H27ClN4O6. The van der Waals surface area contributed by atoms with Crippen molar-refractivity contribution >= 4 is 34.2 Å². The van der Waals surface area contributed by atoms with Crippen LogP contribution in [0, 0.1) is 11.8 Å². The van der Waals surface area contributed by atoms with E-state index in [0.717, 1.165) is 24.1 Å². The number of aliphatic hydroxyl groups is 1. The maximum atomic E-state index is 11.0. The van der Waals surface area contributed by atoms with Crippen LogP contribution in [0.3, 0.4) is 0 Å². The molecule has 2 bridgehead atoms. The van der Waals surface area contributed by atoms with Crippen molar-refractivity contribution in [3.05, 3.63) is 22.9 Å². The molecule has 7 atom stereocenters. The van der Waals surface area contributed by atoms with Gasteiger partial charge in [-0.2, -0.15) is 4.98 Å². The normalized spacial score (nSPS) is 34.0. The number of nitrogens with one attached hydrogen (secondary N) is 2. The first-order chi connectivity index (χ1) is 16.5. The molecule has 0 spiro atoms. The fourth-order valence-electron chi connectivity index (χ4n) is 5.57. The predicted molar refractivity (Wildman–Crippen MR) is 121 cm³/mol. The molecule has 11 heteroatoms. The molecule has 4 aliphatic rings. The van der Waals surface area contributed by atoms with Crippen molar-refractivity contribution in [2.24, 2.45) is 11.8 Å². The highest BCUT2D eigenvalue weighted by atomic mass is 35.5. The van der Waals surface area contributed by atoms with E-state index in [1.807, 2.05) is 6.07 Å². The number of nitrogens with zero attached hydrogens (tertiary/aromatic N) is 2. The lowest BCUT2D eigenvalue weighted by Gasteiger charge is -2.22. The lowest BCUT2D eigenvalue weighted by atomic mass is 9.94. The molecule has 4 heterocycles. The molecule has 2 aromatic rings. The molecule has 0 aromatic carbocycles. The second kappa shape index (κ2) is 8.76. The standard InChI is InChI=1S/C23H27ClN4O6/c1-10(29)25-2-3-31-17-6-11-4-12(17)5-13(11)19-14(24)7-15-22(27-19)28-23(26-15)34-18-9-33-20-16(30)8-32-21(18)20/h5,7,11-12,16-18,20-21,30H,2-4,6,8-9H2,1H3,(H,25,29)(H,26,27,28)/t11?,12?,16-,17?,18-,20-,21-/m1/s1. The van der Waals surface area contributed by atoms with Gasteiger partial charge in [0.05, 0.1) is 42.2 Å². The third kappa shape index (κ3) is 3.97. The van der Waals surface area contributed by atoms with E-state index in [2.05, 4.69) is 21.4 Å². The van der Waals surface area contributed by atoms with E-state index in [0.29, 0.717) is 53.8 Å². The summed E-state index contributed by atoms with van der Waals surface area (Å²) in [5.41, 5.74) is 3.12. The lowest BCUT2D eigenvalue weighted by Crippen LogP contribution is -2.34. The number of hydrogen-bond donors (Lipinski definition) is 3. The second-order valence-electron chi connectivity index (χ2n) is 9.40. The number of rotatable bonds is 7. The molecule has 3 fully saturated rings. The Kier molecular flexibility index (Phi) is 5.73. The highest BCUT2D eigenvalue weighted by molar-refractivity contribution is 6.32. The Balaban J connectivity index is 1.15. The van der Waals surface area contributed by atoms with Crippen molar-refractivity contribution in [3.63, 3.8) is 0 Å². The Labute approximate surface area is 201 Å². The number of halogens is 1. The van der Waals surface area contributed by atoms with E-state index in [1.165, 1.54) is 6.92 Å². The second-order valence-corrected chi connectivity index (χ2v) is 9.81. The van der Waals surface area contributed by atoms with Crippen molar-refractivity contribution in [2.75, 3.05) is 26.4 Å². The van der Waals surface area contributed by atoms with Crippen LogP contribution in [0.15, 0.2) is 12.1 Å². The van der Waals surface area contributed by atoms with Crippen LogP contribution in [-0.4, -0.2) is 82.9 Å². The predicted octanol–water partition coefficient (Wildman–Crippen LogP) is 1.46. The Bertz CT molecular complexity index is 1140. The smallest absolute Gasteiger partial charge is 0.296 e. The number of fused-ring (bicyclic) bond motifs is 4. The third-order valence-corrected chi connectivity index (χ3v) is 7.40. The molecule has 10 nitrogen and oxygen atoms in total. The molecular weight excluding hydrogens is 464 g/mol. The average Bonchev–Trinajstić information content (AvgIpc) is 3.60. The van der Waals surface area contributed by atoms with Gasteiger partial charge in [-0.25, -0.2) is 4.98 Å².